The van der Waals surface area contributed by atoms with Crippen molar-refractivity contribution in [1.82, 2.24) is 9.36 Å². The number of hydrogen-bond donors (Lipinski definition) is 0. The first-order chi connectivity index (χ1) is 7.38. The summed E-state index contributed by atoms with van der Waals surface area (Å²) in [6, 6.07) is 0.630. The quantitative estimate of drug-likeness (QED) is 0.801. The normalized spacial score (nSPS) is 26.2. The first kappa shape index (κ1) is 10.0. The van der Waals surface area contributed by atoms with Gasteiger partial charge in [-0.15, -0.1) is 0 Å². The minimum atomic E-state index is 0.630. The van der Waals surface area contributed by atoms with Crippen molar-refractivity contribution in [2.24, 2.45) is 0 Å². The smallest absolute Gasteiger partial charge is 0.205 e. The number of alkyl halides is 1. The van der Waals surface area contributed by atoms with Gasteiger partial charge in [0, 0.05) is 35.4 Å². The average molecular weight is 288 g/mol. The summed E-state index contributed by atoms with van der Waals surface area (Å²) in [5.41, 5.74) is 0. The van der Waals surface area contributed by atoms with Gasteiger partial charge in [0.25, 0.3) is 0 Å². The van der Waals surface area contributed by atoms with E-state index in [1.165, 1.54) is 25.7 Å². The molecule has 2 fully saturated rings. The molecule has 1 unspecified atom stereocenters. The molecule has 1 aliphatic carbocycles. The predicted molar refractivity (Wildman–Crippen MR) is 66.0 cm³/mol. The number of halogens is 1. The number of aromatic nitrogens is 2. The van der Waals surface area contributed by atoms with Crippen LogP contribution >= 0.6 is 27.5 Å². The van der Waals surface area contributed by atoms with Gasteiger partial charge in [-0.3, -0.25) is 0 Å². The Morgan fingerprint density at radius 1 is 1.40 bits per heavy atom. The van der Waals surface area contributed by atoms with E-state index in [1.54, 1.807) is 11.5 Å². The molecule has 1 aromatic heterocycles. The zero-order valence-electron chi connectivity index (χ0n) is 8.53. The van der Waals surface area contributed by atoms with Crippen molar-refractivity contribution in [3.05, 3.63) is 5.82 Å². The minimum Gasteiger partial charge on any atom is -0.343 e. The highest BCUT2D eigenvalue weighted by atomic mass is 79.9. The van der Waals surface area contributed by atoms with Crippen LogP contribution in [0.5, 0.6) is 0 Å². The first-order valence-electron chi connectivity index (χ1n) is 5.54. The molecule has 0 N–H and O–H groups in total. The van der Waals surface area contributed by atoms with E-state index in [-0.39, 0.29) is 0 Å². The summed E-state index contributed by atoms with van der Waals surface area (Å²) in [4.78, 5) is 7.08. The van der Waals surface area contributed by atoms with Crippen LogP contribution in [0.1, 0.15) is 37.4 Å². The highest BCUT2D eigenvalue weighted by Gasteiger charge is 2.31. The molecule has 2 aliphatic rings. The Hall–Kier alpha value is -0.160. The van der Waals surface area contributed by atoms with Crippen LogP contribution in [0.4, 0.5) is 5.13 Å². The summed E-state index contributed by atoms with van der Waals surface area (Å²) in [5.74, 6) is 1.77. The van der Waals surface area contributed by atoms with Crippen LogP contribution < -0.4 is 4.90 Å². The molecule has 82 valence electrons. The molecule has 0 radical (unpaired) electrons. The van der Waals surface area contributed by atoms with Crippen molar-refractivity contribution in [3.8, 4) is 0 Å². The maximum absolute atomic E-state index is 4.66. The van der Waals surface area contributed by atoms with Gasteiger partial charge in [-0.25, -0.2) is 4.98 Å². The number of hydrogen-bond acceptors (Lipinski definition) is 4. The lowest BCUT2D eigenvalue weighted by Crippen LogP contribution is -2.30. The zero-order valence-corrected chi connectivity index (χ0v) is 10.9. The number of rotatable bonds is 3. The van der Waals surface area contributed by atoms with Gasteiger partial charge in [0.05, 0.1) is 0 Å². The van der Waals surface area contributed by atoms with Crippen LogP contribution in [-0.4, -0.2) is 27.3 Å². The lowest BCUT2D eigenvalue weighted by molar-refractivity contribution is 0.746. The fraction of sp³-hybridized carbons (Fsp3) is 0.800. The molecule has 0 spiro atoms. The van der Waals surface area contributed by atoms with Crippen molar-refractivity contribution >= 4 is 32.6 Å². The van der Waals surface area contributed by atoms with Crippen LogP contribution in [0.3, 0.4) is 0 Å². The van der Waals surface area contributed by atoms with E-state index in [1.807, 2.05) is 0 Å². The molecule has 15 heavy (non-hydrogen) atoms. The van der Waals surface area contributed by atoms with Crippen LogP contribution in [0.15, 0.2) is 0 Å². The van der Waals surface area contributed by atoms with Crippen molar-refractivity contribution in [2.45, 2.75) is 37.6 Å². The summed E-state index contributed by atoms with van der Waals surface area (Å²) in [5, 5.41) is 2.18. The SMILES string of the molecule is BrCC1CCCN1c1nc(C2CC2)ns1. The van der Waals surface area contributed by atoms with E-state index < -0.39 is 0 Å². The Morgan fingerprint density at radius 2 is 2.27 bits per heavy atom. The zero-order chi connectivity index (χ0) is 10.3. The van der Waals surface area contributed by atoms with Crippen LogP contribution in [-0.2, 0) is 0 Å². The molecule has 3 rings (SSSR count). The second-order valence-electron chi connectivity index (χ2n) is 4.35. The molecule has 1 aliphatic heterocycles. The minimum absolute atomic E-state index is 0.630. The molecule has 1 aromatic rings. The monoisotopic (exact) mass is 287 g/mol. The second kappa shape index (κ2) is 4.01. The van der Waals surface area contributed by atoms with E-state index in [9.17, 15) is 0 Å². The summed E-state index contributed by atoms with van der Waals surface area (Å²) < 4.78 is 4.47. The van der Waals surface area contributed by atoms with Crippen molar-refractivity contribution in [1.29, 1.82) is 0 Å². The third kappa shape index (κ3) is 1.91. The van der Waals surface area contributed by atoms with Crippen molar-refractivity contribution < 1.29 is 0 Å². The third-order valence-electron chi connectivity index (χ3n) is 3.17. The number of nitrogens with zero attached hydrogens (tertiary/aromatic N) is 3. The van der Waals surface area contributed by atoms with Crippen molar-refractivity contribution in [3.63, 3.8) is 0 Å². The lowest BCUT2D eigenvalue weighted by Gasteiger charge is -2.21. The van der Waals surface area contributed by atoms with Gasteiger partial charge in [-0.1, -0.05) is 15.9 Å². The Morgan fingerprint density at radius 3 is 3.00 bits per heavy atom. The molecule has 3 nitrogen and oxygen atoms in total. The van der Waals surface area contributed by atoms with E-state index >= 15 is 0 Å². The summed E-state index contributed by atoms with van der Waals surface area (Å²) in [6.07, 6.45) is 5.15. The number of anilines is 1. The Labute approximate surface area is 102 Å². The van der Waals surface area contributed by atoms with Gasteiger partial charge in [0.2, 0.25) is 5.13 Å². The van der Waals surface area contributed by atoms with Gasteiger partial charge in [0.1, 0.15) is 5.82 Å². The van der Waals surface area contributed by atoms with Gasteiger partial charge in [0.15, 0.2) is 0 Å². The highest BCUT2D eigenvalue weighted by Crippen LogP contribution is 2.40. The molecule has 5 heteroatoms. The third-order valence-corrected chi connectivity index (χ3v) is 4.69. The fourth-order valence-corrected chi connectivity index (χ4v) is 3.62. The molecule has 1 atom stereocenters. The summed E-state index contributed by atoms with van der Waals surface area (Å²) >= 11 is 5.16. The van der Waals surface area contributed by atoms with Crippen LogP contribution in [0, 0.1) is 0 Å². The van der Waals surface area contributed by atoms with Crippen molar-refractivity contribution in [2.75, 3.05) is 16.8 Å². The Kier molecular flexibility index (Phi) is 2.68. The average Bonchev–Trinajstić information content (AvgIpc) is 2.83. The Balaban J connectivity index is 1.78. The molecule has 1 saturated heterocycles. The van der Waals surface area contributed by atoms with Crippen LogP contribution in [0.2, 0.25) is 0 Å². The standard InChI is InChI=1S/C10H14BrN3S/c11-6-8-2-1-5-14(8)10-12-9(13-15-10)7-3-4-7/h7-8H,1-6H2. The van der Waals surface area contributed by atoms with Gasteiger partial charge >= 0.3 is 0 Å². The fourth-order valence-electron chi connectivity index (χ4n) is 2.10. The molecule has 0 amide bonds. The summed E-state index contributed by atoms with van der Waals surface area (Å²) in [7, 11) is 0. The topological polar surface area (TPSA) is 29.0 Å². The second-order valence-corrected chi connectivity index (χ2v) is 5.73. The molecule has 0 aromatic carbocycles. The van der Waals surface area contributed by atoms with E-state index in [0.717, 1.165) is 22.8 Å². The molecule has 1 saturated carbocycles. The Bertz CT molecular complexity index is 350. The van der Waals surface area contributed by atoms with E-state index in [4.69, 9.17) is 0 Å². The van der Waals surface area contributed by atoms with E-state index in [2.05, 4.69) is 30.2 Å². The van der Waals surface area contributed by atoms with Gasteiger partial charge < -0.3 is 4.90 Å². The molecular formula is C10H14BrN3S. The maximum Gasteiger partial charge on any atom is 0.205 e. The van der Waals surface area contributed by atoms with Gasteiger partial charge in [-0.05, 0) is 25.7 Å². The van der Waals surface area contributed by atoms with Crippen LogP contribution in [0.25, 0.3) is 0 Å². The molecular weight excluding hydrogens is 274 g/mol. The maximum atomic E-state index is 4.66. The molecule has 0 bridgehead atoms. The first-order valence-corrected chi connectivity index (χ1v) is 7.44. The lowest BCUT2D eigenvalue weighted by atomic mass is 10.2. The summed E-state index contributed by atoms with van der Waals surface area (Å²) in [6.45, 7) is 1.15. The predicted octanol–water partition coefficient (Wildman–Crippen LogP) is 2.78. The highest BCUT2D eigenvalue weighted by molar-refractivity contribution is 9.09. The largest absolute Gasteiger partial charge is 0.343 e. The van der Waals surface area contributed by atoms with Gasteiger partial charge in [-0.2, -0.15) is 4.37 Å². The molecule has 2 heterocycles. The van der Waals surface area contributed by atoms with E-state index in [0.29, 0.717) is 12.0 Å².